The standard InChI is InChI=1S/C21H25IO9S2/c1-13-4-8-15(9-5-13)32(24,25)30-19-18(28-3)17(12-22)29-21(23)20(19)31-33(26,27)16-10-6-14(2)7-11-16/h4-11,17-21,23H,12H2,1-3H3/t17-,18-,19+,20-,21+/m1/s1. The average molecular weight is 612 g/mol. The highest BCUT2D eigenvalue weighted by atomic mass is 127. The molecule has 1 aliphatic heterocycles. The van der Waals surface area contributed by atoms with Crippen LogP contribution in [0.2, 0.25) is 0 Å². The third-order valence-electron chi connectivity index (χ3n) is 5.13. The molecular weight excluding hydrogens is 587 g/mol. The highest BCUT2D eigenvalue weighted by Gasteiger charge is 2.51. The van der Waals surface area contributed by atoms with E-state index in [1.807, 2.05) is 22.6 Å². The molecule has 1 saturated heterocycles. The van der Waals surface area contributed by atoms with Gasteiger partial charge in [0.2, 0.25) is 0 Å². The van der Waals surface area contributed by atoms with E-state index in [2.05, 4.69) is 0 Å². The average Bonchev–Trinajstić information content (AvgIpc) is 2.76. The van der Waals surface area contributed by atoms with Crippen molar-refractivity contribution < 1.29 is 39.8 Å². The number of benzene rings is 2. The number of ether oxygens (including phenoxy) is 2. The maximum atomic E-state index is 13.0. The largest absolute Gasteiger partial charge is 0.376 e. The zero-order valence-corrected chi connectivity index (χ0v) is 21.9. The smallest absolute Gasteiger partial charge is 0.297 e. The first-order chi connectivity index (χ1) is 15.5. The zero-order valence-electron chi connectivity index (χ0n) is 18.1. The minimum absolute atomic E-state index is 0.130. The van der Waals surface area contributed by atoms with Crippen LogP contribution >= 0.6 is 22.6 Å². The summed E-state index contributed by atoms with van der Waals surface area (Å²) in [6, 6.07) is 11.8. The molecule has 2 aromatic carbocycles. The van der Waals surface area contributed by atoms with Crippen LogP contribution in [0.4, 0.5) is 0 Å². The summed E-state index contributed by atoms with van der Waals surface area (Å²) in [5, 5.41) is 10.6. The van der Waals surface area contributed by atoms with Crippen molar-refractivity contribution in [1.82, 2.24) is 0 Å². The van der Waals surface area contributed by atoms with Crippen molar-refractivity contribution in [2.75, 3.05) is 11.5 Å². The summed E-state index contributed by atoms with van der Waals surface area (Å²) in [4.78, 5) is -0.291. The lowest BCUT2D eigenvalue weighted by molar-refractivity contribution is -0.267. The van der Waals surface area contributed by atoms with Crippen molar-refractivity contribution in [3.63, 3.8) is 0 Å². The number of aliphatic hydroxyl groups excluding tert-OH is 1. The molecule has 2 aromatic rings. The van der Waals surface area contributed by atoms with E-state index >= 15 is 0 Å². The van der Waals surface area contributed by atoms with Crippen LogP contribution in [0.5, 0.6) is 0 Å². The van der Waals surface area contributed by atoms with Crippen molar-refractivity contribution in [3.05, 3.63) is 59.7 Å². The van der Waals surface area contributed by atoms with Crippen molar-refractivity contribution in [3.8, 4) is 0 Å². The van der Waals surface area contributed by atoms with Crippen LogP contribution in [-0.2, 0) is 38.1 Å². The zero-order chi connectivity index (χ0) is 24.4. The highest BCUT2D eigenvalue weighted by Crippen LogP contribution is 2.32. The molecule has 0 bridgehead atoms. The molecule has 0 aliphatic carbocycles. The Morgan fingerprint density at radius 2 is 1.24 bits per heavy atom. The van der Waals surface area contributed by atoms with Gasteiger partial charge in [0.05, 0.1) is 15.9 Å². The van der Waals surface area contributed by atoms with E-state index in [9.17, 15) is 21.9 Å². The Morgan fingerprint density at radius 1 is 0.818 bits per heavy atom. The lowest BCUT2D eigenvalue weighted by Gasteiger charge is -2.42. The van der Waals surface area contributed by atoms with E-state index in [1.54, 1.807) is 38.1 Å². The number of aryl methyl sites for hydroxylation is 2. The summed E-state index contributed by atoms with van der Waals surface area (Å²) < 4.78 is 73.7. The van der Waals surface area contributed by atoms with E-state index in [1.165, 1.54) is 31.4 Å². The molecule has 1 heterocycles. The topological polar surface area (TPSA) is 125 Å². The Kier molecular flexibility index (Phi) is 8.54. The van der Waals surface area contributed by atoms with Gasteiger partial charge in [-0.2, -0.15) is 16.8 Å². The molecule has 0 aromatic heterocycles. The Hall–Kier alpha value is -1.13. The fraction of sp³-hybridized carbons (Fsp3) is 0.429. The fourth-order valence-electron chi connectivity index (χ4n) is 3.33. The summed E-state index contributed by atoms with van der Waals surface area (Å²) in [5.41, 5.74) is 1.69. The Labute approximate surface area is 207 Å². The second-order valence-corrected chi connectivity index (χ2v) is 11.6. The van der Waals surface area contributed by atoms with E-state index in [0.717, 1.165) is 11.1 Å². The van der Waals surface area contributed by atoms with Gasteiger partial charge in [0, 0.05) is 11.5 Å². The molecular formula is C21H25IO9S2. The van der Waals surface area contributed by atoms with Gasteiger partial charge in [-0.1, -0.05) is 58.0 Å². The minimum Gasteiger partial charge on any atom is -0.376 e. The van der Waals surface area contributed by atoms with Crippen LogP contribution in [0.15, 0.2) is 58.3 Å². The maximum Gasteiger partial charge on any atom is 0.297 e. The van der Waals surface area contributed by atoms with Gasteiger partial charge in [-0.3, -0.25) is 8.37 Å². The van der Waals surface area contributed by atoms with Gasteiger partial charge >= 0.3 is 0 Å². The maximum absolute atomic E-state index is 13.0. The van der Waals surface area contributed by atoms with E-state index in [-0.39, 0.29) is 9.79 Å². The first-order valence-corrected chi connectivity index (χ1v) is 14.2. The molecule has 0 radical (unpaired) electrons. The van der Waals surface area contributed by atoms with Crippen LogP contribution in [0, 0.1) is 13.8 Å². The molecule has 0 amide bonds. The number of hydrogen-bond acceptors (Lipinski definition) is 9. The molecule has 0 saturated carbocycles. The van der Waals surface area contributed by atoms with E-state index in [0.29, 0.717) is 4.43 Å². The number of halogens is 1. The number of methoxy groups -OCH3 is 1. The Bertz CT molecular complexity index is 1150. The van der Waals surface area contributed by atoms with Crippen molar-refractivity contribution in [1.29, 1.82) is 0 Å². The molecule has 182 valence electrons. The molecule has 5 atom stereocenters. The summed E-state index contributed by atoms with van der Waals surface area (Å²) in [7, 11) is -7.44. The Balaban J connectivity index is 1.98. The Morgan fingerprint density at radius 3 is 1.64 bits per heavy atom. The second kappa shape index (κ2) is 10.6. The van der Waals surface area contributed by atoms with Crippen molar-refractivity contribution >= 4 is 42.8 Å². The van der Waals surface area contributed by atoms with Crippen LogP contribution in [-0.4, -0.2) is 64.2 Å². The number of alkyl halides is 1. The highest BCUT2D eigenvalue weighted by molar-refractivity contribution is 14.1. The third kappa shape index (κ3) is 6.11. The van der Waals surface area contributed by atoms with Crippen LogP contribution in [0.1, 0.15) is 11.1 Å². The molecule has 9 nitrogen and oxygen atoms in total. The van der Waals surface area contributed by atoms with Gasteiger partial charge in [0.25, 0.3) is 20.2 Å². The normalized spacial score (nSPS) is 26.3. The monoisotopic (exact) mass is 612 g/mol. The van der Waals surface area contributed by atoms with Gasteiger partial charge in [-0.15, -0.1) is 0 Å². The SMILES string of the molecule is CO[C@H]1[C@H](OS(=O)(=O)c2ccc(C)cc2)[C@@H](OS(=O)(=O)c2ccc(C)cc2)[C@@H](O)O[C@@H]1CI. The molecule has 12 heteroatoms. The van der Waals surface area contributed by atoms with Crippen LogP contribution in [0.25, 0.3) is 0 Å². The van der Waals surface area contributed by atoms with E-state index < -0.39 is 50.9 Å². The lowest BCUT2D eigenvalue weighted by atomic mass is 10.00. The predicted octanol–water partition coefficient (Wildman–Crippen LogP) is 2.32. The van der Waals surface area contributed by atoms with Crippen LogP contribution < -0.4 is 0 Å². The molecule has 3 rings (SSSR count). The van der Waals surface area contributed by atoms with Crippen molar-refractivity contribution in [2.24, 2.45) is 0 Å². The predicted molar refractivity (Wildman–Crippen MR) is 127 cm³/mol. The molecule has 0 unspecified atom stereocenters. The van der Waals surface area contributed by atoms with Gasteiger partial charge < -0.3 is 14.6 Å². The summed E-state index contributed by atoms with van der Waals surface area (Å²) in [6.45, 7) is 3.60. The fourth-order valence-corrected chi connectivity index (χ4v) is 6.21. The summed E-state index contributed by atoms with van der Waals surface area (Å²) >= 11 is 1.99. The first kappa shape index (κ1) is 26.5. The second-order valence-electron chi connectivity index (χ2n) is 7.58. The first-order valence-electron chi connectivity index (χ1n) is 9.90. The van der Waals surface area contributed by atoms with Crippen molar-refractivity contribution in [2.45, 2.75) is 54.3 Å². The molecule has 0 spiro atoms. The number of aliphatic hydroxyl groups is 1. The van der Waals surface area contributed by atoms with Crippen LogP contribution in [0.3, 0.4) is 0 Å². The molecule has 1 N–H and O–H groups in total. The number of rotatable bonds is 8. The van der Waals surface area contributed by atoms with Gasteiger partial charge in [0.1, 0.15) is 12.2 Å². The van der Waals surface area contributed by atoms with E-state index in [4.69, 9.17) is 17.8 Å². The molecule has 1 aliphatic rings. The molecule has 1 fully saturated rings. The van der Waals surface area contributed by atoms with Gasteiger partial charge in [-0.25, -0.2) is 0 Å². The summed E-state index contributed by atoms with van der Waals surface area (Å²) in [5.74, 6) is 0. The third-order valence-corrected chi connectivity index (χ3v) is 8.65. The lowest BCUT2D eigenvalue weighted by Crippen LogP contribution is -2.61. The molecule has 33 heavy (non-hydrogen) atoms. The minimum atomic E-state index is -4.40. The quantitative estimate of drug-likeness (QED) is 0.272. The summed E-state index contributed by atoms with van der Waals surface area (Å²) in [6.07, 6.45) is -6.81. The van der Waals surface area contributed by atoms with Gasteiger partial charge in [-0.05, 0) is 38.1 Å². The number of hydrogen-bond donors (Lipinski definition) is 1. The van der Waals surface area contributed by atoms with Gasteiger partial charge in [0.15, 0.2) is 12.4 Å².